The zero-order valence-corrected chi connectivity index (χ0v) is 16.5. The van der Waals surface area contributed by atoms with Gasteiger partial charge in [-0.25, -0.2) is 4.98 Å². The lowest BCUT2D eigenvalue weighted by molar-refractivity contribution is 0.466. The molecule has 0 aliphatic carbocycles. The van der Waals surface area contributed by atoms with E-state index in [1.54, 1.807) is 34.9 Å². The van der Waals surface area contributed by atoms with Gasteiger partial charge in [0.2, 0.25) is 0 Å². The second kappa shape index (κ2) is 8.38. The van der Waals surface area contributed by atoms with Crippen LogP contribution < -0.4 is 0 Å². The predicted molar refractivity (Wildman–Crippen MR) is 102 cm³/mol. The quantitative estimate of drug-likeness (QED) is 0.374. The summed E-state index contributed by atoms with van der Waals surface area (Å²) in [6.45, 7) is 3.94. The first-order valence-electron chi connectivity index (χ1n) is 7.41. The second-order valence-corrected chi connectivity index (χ2v) is 8.79. The Labute approximate surface area is 158 Å². The van der Waals surface area contributed by atoms with Crippen molar-refractivity contribution >= 4 is 46.5 Å². The number of rotatable bonds is 7. The number of aromatic nitrogens is 3. The van der Waals surface area contributed by atoms with E-state index in [0.29, 0.717) is 11.1 Å². The molecule has 24 heavy (non-hydrogen) atoms. The zero-order chi connectivity index (χ0) is 16.9. The molecule has 0 atom stereocenters. The summed E-state index contributed by atoms with van der Waals surface area (Å²) in [5.74, 6) is 2.50. The minimum absolute atomic E-state index is 0.561. The Kier molecular flexibility index (Phi) is 6.21. The number of nitrogens with zero attached hydrogens (tertiary/aromatic N) is 3. The molecule has 0 saturated heterocycles. The van der Waals surface area contributed by atoms with E-state index in [4.69, 9.17) is 16.0 Å². The van der Waals surface area contributed by atoms with E-state index in [-0.39, 0.29) is 0 Å². The zero-order valence-electron chi connectivity index (χ0n) is 13.3. The van der Waals surface area contributed by atoms with E-state index in [2.05, 4.69) is 15.2 Å². The summed E-state index contributed by atoms with van der Waals surface area (Å²) in [6.07, 6.45) is 1.04. The summed E-state index contributed by atoms with van der Waals surface area (Å²) in [5, 5.41) is 10.7. The highest BCUT2D eigenvalue weighted by Gasteiger charge is 2.15. The lowest BCUT2D eigenvalue weighted by Gasteiger charge is -2.02. The molecule has 4 nitrogen and oxygen atoms in total. The molecule has 0 N–H and O–H groups in total. The van der Waals surface area contributed by atoms with Gasteiger partial charge in [-0.05, 0) is 38.2 Å². The molecule has 0 bridgehead atoms. The normalized spacial score (nSPS) is 11.1. The Morgan fingerprint density at radius 1 is 1.12 bits per heavy atom. The molecule has 126 valence electrons. The van der Waals surface area contributed by atoms with Crippen LogP contribution in [-0.2, 0) is 0 Å². The summed E-state index contributed by atoms with van der Waals surface area (Å²) in [6, 6.07) is 7.92. The Hall–Kier alpha value is -1.02. The van der Waals surface area contributed by atoms with E-state index >= 15 is 0 Å². The number of aryl methyl sites for hydroxylation is 2. The van der Waals surface area contributed by atoms with Crippen LogP contribution in [0.15, 0.2) is 38.8 Å². The van der Waals surface area contributed by atoms with Gasteiger partial charge in [0.1, 0.15) is 4.88 Å². The number of thiazole rings is 1. The molecule has 0 unspecified atom stereocenters. The third kappa shape index (κ3) is 4.53. The maximum Gasteiger partial charge on any atom is 0.276 e. The average Bonchev–Trinajstić information content (AvgIpc) is 3.15. The summed E-state index contributed by atoms with van der Waals surface area (Å²) in [5.41, 5.74) is 0.939. The van der Waals surface area contributed by atoms with Gasteiger partial charge in [-0.15, -0.1) is 33.3 Å². The summed E-state index contributed by atoms with van der Waals surface area (Å²) in [4.78, 5) is 6.47. The van der Waals surface area contributed by atoms with Crippen molar-refractivity contribution in [1.82, 2.24) is 15.2 Å². The molecular formula is C16H16ClN3OS3. The van der Waals surface area contributed by atoms with Crippen molar-refractivity contribution in [2.45, 2.75) is 30.4 Å². The van der Waals surface area contributed by atoms with E-state index in [1.165, 1.54) is 0 Å². The van der Waals surface area contributed by atoms with Gasteiger partial charge in [0.15, 0.2) is 0 Å². The van der Waals surface area contributed by atoms with Gasteiger partial charge in [-0.3, -0.25) is 0 Å². The van der Waals surface area contributed by atoms with Crippen LogP contribution in [0.2, 0.25) is 5.02 Å². The van der Waals surface area contributed by atoms with Crippen LogP contribution >= 0.6 is 46.5 Å². The van der Waals surface area contributed by atoms with Gasteiger partial charge in [-0.1, -0.05) is 35.5 Å². The van der Waals surface area contributed by atoms with E-state index in [0.717, 1.165) is 43.4 Å². The Morgan fingerprint density at radius 2 is 1.92 bits per heavy atom. The molecule has 2 heterocycles. The van der Waals surface area contributed by atoms with E-state index in [1.807, 2.05) is 38.1 Å². The van der Waals surface area contributed by atoms with Crippen molar-refractivity contribution in [3.05, 3.63) is 40.0 Å². The fourth-order valence-corrected chi connectivity index (χ4v) is 4.96. The van der Waals surface area contributed by atoms with Gasteiger partial charge in [0, 0.05) is 10.6 Å². The molecule has 8 heteroatoms. The van der Waals surface area contributed by atoms with Gasteiger partial charge in [-0.2, -0.15) is 0 Å². The first-order chi connectivity index (χ1) is 11.6. The van der Waals surface area contributed by atoms with Crippen LogP contribution in [-0.4, -0.2) is 26.7 Å². The fraction of sp³-hybridized carbons (Fsp3) is 0.312. The second-order valence-electron chi connectivity index (χ2n) is 5.00. The molecule has 0 fully saturated rings. The average molecular weight is 398 g/mol. The molecule has 0 spiro atoms. The third-order valence-electron chi connectivity index (χ3n) is 3.11. The smallest absolute Gasteiger partial charge is 0.276 e. The van der Waals surface area contributed by atoms with Crippen LogP contribution in [0.25, 0.3) is 10.8 Å². The van der Waals surface area contributed by atoms with Crippen molar-refractivity contribution in [3.8, 4) is 10.8 Å². The number of hydrogen-bond donors (Lipinski definition) is 0. The summed E-state index contributed by atoms with van der Waals surface area (Å²) >= 11 is 11.1. The highest BCUT2D eigenvalue weighted by molar-refractivity contribution is 8.00. The first-order valence-corrected chi connectivity index (χ1v) is 10.6. The molecule has 3 aromatic rings. The van der Waals surface area contributed by atoms with Crippen molar-refractivity contribution in [2.24, 2.45) is 0 Å². The molecule has 1 aromatic carbocycles. The molecule has 0 saturated carbocycles. The van der Waals surface area contributed by atoms with Gasteiger partial charge in [0.25, 0.3) is 11.1 Å². The van der Waals surface area contributed by atoms with Crippen LogP contribution in [0.5, 0.6) is 0 Å². The number of hydrogen-bond acceptors (Lipinski definition) is 7. The molecule has 2 aromatic heterocycles. The summed E-state index contributed by atoms with van der Waals surface area (Å²) in [7, 11) is 0. The Bertz CT molecular complexity index is 819. The maximum atomic E-state index is 6.14. The standard InChI is InChI=1S/C16H16ClN3OS3/c1-10-14(24-11(2)18-10)15-19-20-16(21-15)23-9-5-8-22-13-7-4-3-6-12(13)17/h3-4,6-7H,5,8-9H2,1-2H3. The number of benzene rings is 1. The van der Waals surface area contributed by atoms with Gasteiger partial charge in [0.05, 0.1) is 15.7 Å². The predicted octanol–water partition coefficient (Wildman–Crippen LogP) is 5.74. The Balaban J connectivity index is 1.46. The van der Waals surface area contributed by atoms with Gasteiger partial charge >= 0.3 is 0 Å². The minimum Gasteiger partial charge on any atom is -0.410 e. The molecule has 0 amide bonds. The number of thioether (sulfide) groups is 2. The maximum absolute atomic E-state index is 6.14. The highest BCUT2D eigenvalue weighted by atomic mass is 35.5. The SMILES string of the molecule is Cc1nc(C)c(-c2nnc(SCCCSc3ccccc3Cl)o2)s1. The topological polar surface area (TPSA) is 51.8 Å². The van der Waals surface area contributed by atoms with Crippen LogP contribution in [0.4, 0.5) is 0 Å². The highest BCUT2D eigenvalue weighted by Crippen LogP contribution is 2.31. The van der Waals surface area contributed by atoms with Crippen LogP contribution in [0.3, 0.4) is 0 Å². The van der Waals surface area contributed by atoms with Crippen molar-refractivity contribution in [3.63, 3.8) is 0 Å². The van der Waals surface area contributed by atoms with E-state index < -0.39 is 0 Å². The molecule has 0 aliphatic rings. The largest absolute Gasteiger partial charge is 0.410 e. The first kappa shape index (κ1) is 17.8. The van der Waals surface area contributed by atoms with Crippen molar-refractivity contribution in [2.75, 3.05) is 11.5 Å². The molecule has 0 aliphatic heterocycles. The van der Waals surface area contributed by atoms with Crippen molar-refractivity contribution in [1.29, 1.82) is 0 Å². The minimum atomic E-state index is 0.561. The monoisotopic (exact) mass is 397 g/mol. The van der Waals surface area contributed by atoms with Crippen molar-refractivity contribution < 1.29 is 4.42 Å². The van der Waals surface area contributed by atoms with Crippen LogP contribution in [0.1, 0.15) is 17.1 Å². The van der Waals surface area contributed by atoms with Gasteiger partial charge < -0.3 is 4.42 Å². The lowest BCUT2D eigenvalue weighted by atomic mass is 10.4. The fourth-order valence-electron chi connectivity index (χ4n) is 2.05. The molecule has 3 rings (SSSR count). The molecule has 0 radical (unpaired) electrons. The lowest BCUT2D eigenvalue weighted by Crippen LogP contribution is -1.85. The molecular weight excluding hydrogens is 382 g/mol. The third-order valence-corrected chi connectivity index (χ3v) is 6.68. The summed E-state index contributed by atoms with van der Waals surface area (Å²) < 4.78 is 5.73. The Morgan fingerprint density at radius 3 is 2.67 bits per heavy atom. The van der Waals surface area contributed by atoms with E-state index in [9.17, 15) is 0 Å². The van der Waals surface area contributed by atoms with Crippen LogP contribution in [0, 0.1) is 13.8 Å². The number of halogens is 1.